The number of nitrogens with two attached hydrogens (primary N) is 1. The third-order valence-corrected chi connectivity index (χ3v) is 3.79. The molecule has 1 aliphatic carbocycles. The molecule has 1 saturated carbocycles. The average Bonchev–Trinajstić information content (AvgIpc) is 2.89. The first kappa shape index (κ1) is 11.5. The van der Waals surface area contributed by atoms with Crippen molar-refractivity contribution in [3.8, 4) is 5.75 Å². The summed E-state index contributed by atoms with van der Waals surface area (Å²) >= 11 is 1.39. The van der Waals surface area contributed by atoms with Gasteiger partial charge < -0.3 is 15.8 Å². The number of hydrogen-bond donors (Lipinski definition) is 2. The molecule has 1 aliphatic rings. The van der Waals surface area contributed by atoms with E-state index in [1.54, 1.807) is 0 Å². The van der Waals surface area contributed by atoms with Crippen molar-refractivity contribution in [1.29, 1.82) is 0 Å². The van der Waals surface area contributed by atoms with E-state index in [9.17, 15) is 0 Å². The highest BCUT2D eigenvalue weighted by atomic mass is 32.1. The molecule has 0 aliphatic heterocycles. The molecule has 0 aromatic carbocycles. The van der Waals surface area contributed by atoms with Gasteiger partial charge >= 0.3 is 0 Å². The van der Waals surface area contributed by atoms with Crippen molar-refractivity contribution in [3.63, 3.8) is 0 Å². The zero-order chi connectivity index (χ0) is 11.4. The highest BCUT2D eigenvalue weighted by molar-refractivity contribution is 7.11. The maximum Gasteiger partial charge on any atom is 0.197 e. The fourth-order valence-electron chi connectivity index (χ4n) is 2.14. The molecule has 0 amide bonds. The lowest BCUT2D eigenvalue weighted by Gasteiger charge is -2.11. The Balaban J connectivity index is 1.92. The summed E-state index contributed by atoms with van der Waals surface area (Å²) < 4.78 is 9.60. The first-order chi connectivity index (χ1) is 7.81. The third-order valence-electron chi connectivity index (χ3n) is 2.99. The maximum absolute atomic E-state index is 5.75. The van der Waals surface area contributed by atoms with E-state index in [1.807, 2.05) is 6.92 Å². The van der Waals surface area contributed by atoms with Gasteiger partial charge in [0, 0.05) is 6.54 Å². The Hall–Kier alpha value is -0.970. The Labute approximate surface area is 100 Å². The van der Waals surface area contributed by atoms with Gasteiger partial charge in [0.25, 0.3) is 0 Å². The van der Waals surface area contributed by atoms with E-state index >= 15 is 0 Å². The number of aromatic nitrogens is 1. The number of anilines is 2. The molecule has 5 heteroatoms. The molecule has 4 nitrogen and oxygen atoms in total. The molecule has 1 heterocycles. The van der Waals surface area contributed by atoms with Gasteiger partial charge in [-0.2, -0.15) is 4.37 Å². The lowest BCUT2D eigenvalue weighted by atomic mass is 10.1. The number of nitrogens with one attached hydrogen (secondary N) is 1. The van der Waals surface area contributed by atoms with Crippen LogP contribution >= 0.6 is 11.5 Å². The quantitative estimate of drug-likeness (QED) is 0.832. The van der Waals surface area contributed by atoms with Crippen molar-refractivity contribution >= 4 is 22.4 Å². The van der Waals surface area contributed by atoms with E-state index < -0.39 is 0 Å². The maximum atomic E-state index is 5.75. The van der Waals surface area contributed by atoms with Gasteiger partial charge in [-0.1, -0.05) is 12.8 Å². The third kappa shape index (κ3) is 2.58. The lowest BCUT2D eigenvalue weighted by Crippen LogP contribution is -2.10. The predicted octanol–water partition coefficient (Wildman–Crippen LogP) is 2.73. The summed E-state index contributed by atoms with van der Waals surface area (Å²) in [6.45, 7) is 3.60. The monoisotopic (exact) mass is 241 g/mol. The van der Waals surface area contributed by atoms with Gasteiger partial charge in [0.2, 0.25) is 0 Å². The molecular formula is C11H19N3OS. The van der Waals surface area contributed by atoms with Crippen molar-refractivity contribution in [2.75, 3.05) is 24.2 Å². The molecule has 1 fully saturated rings. The predicted molar refractivity (Wildman–Crippen MR) is 68.1 cm³/mol. The van der Waals surface area contributed by atoms with Gasteiger partial charge in [0.15, 0.2) is 16.6 Å². The van der Waals surface area contributed by atoms with Crippen molar-refractivity contribution in [2.45, 2.75) is 32.6 Å². The Morgan fingerprint density at radius 1 is 1.50 bits per heavy atom. The summed E-state index contributed by atoms with van der Waals surface area (Å²) in [5.74, 6) is 2.03. The number of nitrogen functional groups attached to an aromatic ring is 1. The fourth-order valence-corrected chi connectivity index (χ4v) is 2.81. The van der Waals surface area contributed by atoms with Crippen LogP contribution in [0.5, 0.6) is 5.75 Å². The van der Waals surface area contributed by atoms with Crippen molar-refractivity contribution in [3.05, 3.63) is 0 Å². The minimum atomic E-state index is 0.501. The molecule has 0 unspecified atom stereocenters. The smallest absolute Gasteiger partial charge is 0.197 e. The Bertz CT molecular complexity index is 334. The largest absolute Gasteiger partial charge is 0.487 e. The van der Waals surface area contributed by atoms with E-state index in [-0.39, 0.29) is 0 Å². The molecule has 16 heavy (non-hydrogen) atoms. The van der Waals surface area contributed by atoms with Crippen LogP contribution in [0, 0.1) is 5.92 Å². The second-order valence-electron chi connectivity index (χ2n) is 4.19. The SMILES string of the molecule is CCOc1c(N)nsc1NCC1CCCC1. The van der Waals surface area contributed by atoms with Gasteiger partial charge in [0.05, 0.1) is 6.61 Å². The normalized spacial score (nSPS) is 16.6. The Kier molecular flexibility index (Phi) is 3.88. The zero-order valence-corrected chi connectivity index (χ0v) is 10.5. The van der Waals surface area contributed by atoms with E-state index in [2.05, 4.69) is 9.69 Å². The molecular weight excluding hydrogens is 222 g/mol. The van der Waals surface area contributed by atoms with Crippen LogP contribution in [-0.2, 0) is 0 Å². The Morgan fingerprint density at radius 2 is 2.25 bits per heavy atom. The number of nitrogens with zero attached hydrogens (tertiary/aromatic N) is 1. The summed E-state index contributed by atoms with van der Waals surface area (Å²) in [7, 11) is 0. The van der Waals surface area contributed by atoms with E-state index in [0.717, 1.165) is 23.2 Å². The van der Waals surface area contributed by atoms with Crippen LogP contribution in [0.25, 0.3) is 0 Å². The topological polar surface area (TPSA) is 60.2 Å². The molecule has 0 radical (unpaired) electrons. The van der Waals surface area contributed by atoms with Crippen molar-refractivity contribution < 1.29 is 4.74 Å². The molecule has 2 rings (SSSR count). The molecule has 1 aromatic heterocycles. The highest BCUT2D eigenvalue weighted by Gasteiger charge is 2.17. The summed E-state index contributed by atoms with van der Waals surface area (Å²) in [4.78, 5) is 0. The van der Waals surface area contributed by atoms with Crippen LogP contribution < -0.4 is 15.8 Å². The summed E-state index contributed by atoms with van der Waals surface area (Å²) in [6.07, 6.45) is 5.42. The lowest BCUT2D eigenvalue weighted by molar-refractivity contribution is 0.344. The van der Waals surface area contributed by atoms with Gasteiger partial charge in [-0.3, -0.25) is 0 Å². The highest BCUT2D eigenvalue weighted by Crippen LogP contribution is 2.36. The minimum absolute atomic E-state index is 0.501. The second kappa shape index (κ2) is 5.39. The molecule has 0 bridgehead atoms. The Morgan fingerprint density at radius 3 is 2.94 bits per heavy atom. The van der Waals surface area contributed by atoms with Gasteiger partial charge in [0.1, 0.15) is 0 Å². The van der Waals surface area contributed by atoms with Crippen LogP contribution in [0.2, 0.25) is 0 Å². The molecule has 0 spiro atoms. The van der Waals surface area contributed by atoms with Gasteiger partial charge in [-0.05, 0) is 37.2 Å². The van der Waals surface area contributed by atoms with E-state index in [4.69, 9.17) is 10.5 Å². The van der Waals surface area contributed by atoms with Crippen molar-refractivity contribution in [1.82, 2.24) is 4.37 Å². The second-order valence-corrected chi connectivity index (χ2v) is 4.96. The summed E-state index contributed by atoms with van der Waals surface area (Å²) in [5, 5.41) is 4.39. The first-order valence-electron chi connectivity index (χ1n) is 5.93. The molecule has 0 saturated heterocycles. The first-order valence-corrected chi connectivity index (χ1v) is 6.70. The minimum Gasteiger partial charge on any atom is -0.487 e. The molecule has 1 aromatic rings. The van der Waals surface area contributed by atoms with Gasteiger partial charge in [-0.15, -0.1) is 0 Å². The standard InChI is InChI=1S/C11H19N3OS/c1-2-15-9-10(12)14-16-11(9)13-7-8-5-3-4-6-8/h8,13H,2-7H2,1H3,(H2,12,14). The fraction of sp³-hybridized carbons (Fsp3) is 0.727. The summed E-state index contributed by atoms with van der Waals surface area (Å²) in [5.41, 5.74) is 5.75. The number of ether oxygens (including phenoxy) is 1. The zero-order valence-electron chi connectivity index (χ0n) is 9.66. The van der Waals surface area contributed by atoms with Crippen LogP contribution in [0.1, 0.15) is 32.6 Å². The number of rotatable bonds is 5. The average molecular weight is 241 g/mol. The molecule has 3 N–H and O–H groups in total. The summed E-state index contributed by atoms with van der Waals surface area (Å²) in [6, 6.07) is 0. The van der Waals surface area contributed by atoms with Crippen LogP contribution in [0.15, 0.2) is 0 Å². The van der Waals surface area contributed by atoms with Crippen molar-refractivity contribution in [2.24, 2.45) is 5.92 Å². The van der Waals surface area contributed by atoms with Crippen LogP contribution in [-0.4, -0.2) is 17.5 Å². The van der Waals surface area contributed by atoms with Crippen LogP contribution in [0.4, 0.5) is 10.8 Å². The number of hydrogen-bond acceptors (Lipinski definition) is 5. The van der Waals surface area contributed by atoms with Crippen LogP contribution in [0.3, 0.4) is 0 Å². The molecule has 0 atom stereocenters. The van der Waals surface area contributed by atoms with E-state index in [0.29, 0.717) is 12.4 Å². The van der Waals surface area contributed by atoms with E-state index in [1.165, 1.54) is 37.2 Å². The molecule has 90 valence electrons. The van der Waals surface area contributed by atoms with Gasteiger partial charge in [-0.25, -0.2) is 0 Å².